The summed E-state index contributed by atoms with van der Waals surface area (Å²) in [5.74, 6) is 0.236. The fourth-order valence-corrected chi connectivity index (χ4v) is 4.94. The van der Waals surface area contributed by atoms with Gasteiger partial charge in [-0.3, -0.25) is 4.79 Å². The number of carbonyl (C=O) groups is 1. The summed E-state index contributed by atoms with van der Waals surface area (Å²) < 4.78 is 5.41. The molecular weight excluding hydrogens is 362 g/mol. The second kappa shape index (κ2) is 6.15. The fourth-order valence-electron chi connectivity index (χ4n) is 4.07. The molecule has 3 aliphatic rings. The highest BCUT2D eigenvalue weighted by Gasteiger charge is 2.52. The molecule has 1 aromatic heterocycles. The molecule has 2 aromatic rings. The number of Topliss-reactive ketones (excluding diaryl/α,β-unsaturated/α-hetero) is 1. The van der Waals surface area contributed by atoms with Gasteiger partial charge in [-0.25, -0.2) is 4.99 Å². The summed E-state index contributed by atoms with van der Waals surface area (Å²) in [4.78, 5) is 22.9. The minimum absolute atomic E-state index is 0.223. The van der Waals surface area contributed by atoms with Gasteiger partial charge in [0.05, 0.1) is 18.8 Å². The lowest BCUT2D eigenvalue weighted by molar-refractivity contribution is 0.0603. The van der Waals surface area contributed by atoms with Gasteiger partial charge >= 0.3 is 0 Å². The quantitative estimate of drug-likeness (QED) is 0.864. The highest BCUT2D eigenvalue weighted by molar-refractivity contribution is 7.16. The van der Waals surface area contributed by atoms with E-state index in [-0.39, 0.29) is 5.78 Å². The fraction of sp³-hybridized carbons (Fsp3) is 0.400. The molecule has 0 bridgehead atoms. The zero-order valence-corrected chi connectivity index (χ0v) is 16.0. The molecule has 3 aliphatic heterocycles. The molecule has 7 heteroatoms. The van der Waals surface area contributed by atoms with Crippen molar-refractivity contribution in [2.45, 2.75) is 18.9 Å². The Morgan fingerprint density at radius 1 is 1.15 bits per heavy atom. The number of aliphatic hydroxyl groups is 1. The molecule has 1 N–H and O–H groups in total. The molecule has 4 heterocycles. The largest absolute Gasteiger partial charge is 0.378 e. The van der Waals surface area contributed by atoms with E-state index >= 15 is 0 Å². The smallest absolute Gasteiger partial charge is 0.205 e. The van der Waals surface area contributed by atoms with Crippen molar-refractivity contribution in [1.29, 1.82) is 0 Å². The van der Waals surface area contributed by atoms with Crippen LogP contribution >= 0.6 is 11.3 Å². The van der Waals surface area contributed by atoms with Gasteiger partial charge in [0.15, 0.2) is 11.4 Å². The lowest BCUT2D eigenvalue weighted by Gasteiger charge is -2.30. The molecule has 0 unspecified atom stereocenters. The molecule has 2 fully saturated rings. The first-order chi connectivity index (χ1) is 13.1. The van der Waals surface area contributed by atoms with Gasteiger partial charge in [-0.1, -0.05) is 0 Å². The van der Waals surface area contributed by atoms with E-state index in [2.05, 4.69) is 22.0 Å². The highest BCUT2D eigenvalue weighted by atomic mass is 32.1. The Kier molecular flexibility index (Phi) is 3.86. The van der Waals surface area contributed by atoms with Gasteiger partial charge in [-0.2, -0.15) is 0 Å². The minimum Gasteiger partial charge on any atom is -0.378 e. The van der Waals surface area contributed by atoms with Crippen molar-refractivity contribution in [3.8, 4) is 0 Å². The van der Waals surface area contributed by atoms with Crippen molar-refractivity contribution >= 4 is 39.3 Å². The van der Waals surface area contributed by atoms with Gasteiger partial charge in [0.25, 0.3) is 0 Å². The molecule has 27 heavy (non-hydrogen) atoms. The Bertz CT molecular complexity index is 930. The lowest BCUT2D eigenvalue weighted by Crippen LogP contribution is -2.48. The van der Waals surface area contributed by atoms with Crippen LogP contribution in [0.5, 0.6) is 0 Å². The number of aliphatic imine (C=N–C) groups is 1. The highest BCUT2D eigenvalue weighted by Crippen LogP contribution is 2.43. The summed E-state index contributed by atoms with van der Waals surface area (Å²) in [5, 5.41) is 11.8. The molecular formula is C20H21N3O3S. The van der Waals surface area contributed by atoms with Crippen LogP contribution in [-0.4, -0.2) is 55.2 Å². The molecule has 0 radical (unpaired) electrons. The van der Waals surface area contributed by atoms with Crippen molar-refractivity contribution in [2.24, 2.45) is 4.99 Å². The number of rotatable bonds is 2. The number of hydrogen-bond donors (Lipinski definition) is 1. The van der Waals surface area contributed by atoms with Crippen LogP contribution in [0.3, 0.4) is 0 Å². The lowest BCUT2D eigenvalue weighted by atomic mass is 9.90. The van der Waals surface area contributed by atoms with Gasteiger partial charge in [0.1, 0.15) is 5.00 Å². The maximum Gasteiger partial charge on any atom is 0.205 e. The summed E-state index contributed by atoms with van der Waals surface area (Å²) in [7, 11) is 0. The minimum atomic E-state index is -1.51. The van der Waals surface area contributed by atoms with Crippen LogP contribution in [0, 0.1) is 6.92 Å². The Hall–Kier alpha value is -2.22. The second-order valence-corrected chi connectivity index (χ2v) is 8.45. The average molecular weight is 383 g/mol. The monoisotopic (exact) mass is 383 g/mol. The second-order valence-electron chi connectivity index (χ2n) is 7.22. The molecule has 1 atom stereocenters. The first-order valence-corrected chi connectivity index (χ1v) is 10.0. The molecule has 5 rings (SSSR count). The summed E-state index contributed by atoms with van der Waals surface area (Å²) >= 11 is 1.50. The topological polar surface area (TPSA) is 65.4 Å². The number of ketones is 1. The van der Waals surface area contributed by atoms with Gasteiger partial charge in [-0.05, 0) is 37.3 Å². The van der Waals surface area contributed by atoms with Crippen molar-refractivity contribution in [1.82, 2.24) is 0 Å². The Morgan fingerprint density at radius 3 is 2.59 bits per heavy atom. The predicted octanol–water partition coefficient (Wildman–Crippen LogP) is 2.76. The number of ether oxygens (including phenoxy) is 1. The summed E-state index contributed by atoms with van der Waals surface area (Å²) in [6.07, 6.45) is 0.365. The van der Waals surface area contributed by atoms with Crippen molar-refractivity contribution in [3.63, 3.8) is 0 Å². The van der Waals surface area contributed by atoms with Crippen LogP contribution in [0.2, 0.25) is 0 Å². The number of hydrogen-bond acceptors (Lipinski definition) is 7. The molecule has 0 spiro atoms. The Morgan fingerprint density at radius 2 is 1.85 bits per heavy atom. The van der Waals surface area contributed by atoms with Crippen molar-refractivity contribution in [3.05, 3.63) is 40.8 Å². The standard InChI is InChI=1S/C20H21N3O3S/c1-13-12-16-17(24)20(25)6-7-23(19(20)21-18(16)27-13)15-4-2-14(3-5-15)22-8-10-26-11-9-22/h2-5,12,25H,6-11H2,1H3/t20-/m0/s1. The van der Waals surface area contributed by atoms with Gasteiger partial charge < -0.3 is 19.6 Å². The summed E-state index contributed by atoms with van der Waals surface area (Å²) in [6, 6.07) is 10.1. The Balaban J connectivity index is 1.48. The van der Waals surface area contributed by atoms with E-state index in [4.69, 9.17) is 4.74 Å². The zero-order valence-electron chi connectivity index (χ0n) is 15.1. The maximum absolute atomic E-state index is 12.9. The molecule has 140 valence electrons. The van der Waals surface area contributed by atoms with E-state index < -0.39 is 5.60 Å². The van der Waals surface area contributed by atoms with E-state index in [1.54, 1.807) is 0 Å². The van der Waals surface area contributed by atoms with E-state index in [1.165, 1.54) is 11.3 Å². The van der Waals surface area contributed by atoms with E-state index in [0.717, 1.165) is 42.6 Å². The van der Waals surface area contributed by atoms with Gasteiger partial charge in [0.2, 0.25) is 5.78 Å². The average Bonchev–Trinajstić information content (AvgIpc) is 3.23. The summed E-state index contributed by atoms with van der Waals surface area (Å²) in [5.41, 5.74) is 1.15. The van der Waals surface area contributed by atoms with Crippen LogP contribution in [0.15, 0.2) is 35.3 Å². The number of benzene rings is 1. The zero-order chi connectivity index (χ0) is 18.6. The third kappa shape index (κ3) is 2.61. The summed E-state index contributed by atoms with van der Waals surface area (Å²) in [6.45, 7) is 5.82. The Labute approximate surface area is 161 Å². The SMILES string of the molecule is Cc1cc2c(s1)N=C1N(c3ccc(N4CCOCC4)cc3)CC[C@]1(O)C2=O. The van der Waals surface area contributed by atoms with Crippen LogP contribution in [-0.2, 0) is 4.74 Å². The first kappa shape index (κ1) is 16.9. The van der Waals surface area contributed by atoms with Crippen molar-refractivity contribution < 1.29 is 14.6 Å². The molecule has 0 aliphatic carbocycles. The van der Waals surface area contributed by atoms with Crippen LogP contribution in [0.1, 0.15) is 21.7 Å². The van der Waals surface area contributed by atoms with E-state index in [0.29, 0.717) is 29.4 Å². The van der Waals surface area contributed by atoms with E-state index in [1.807, 2.05) is 30.0 Å². The van der Waals surface area contributed by atoms with Gasteiger partial charge in [0, 0.05) is 42.3 Å². The van der Waals surface area contributed by atoms with Crippen molar-refractivity contribution in [2.75, 3.05) is 42.6 Å². The number of amidine groups is 1. The van der Waals surface area contributed by atoms with Crippen LogP contribution in [0.4, 0.5) is 16.4 Å². The third-order valence-electron chi connectivity index (χ3n) is 5.52. The first-order valence-electron chi connectivity index (χ1n) is 9.23. The predicted molar refractivity (Wildman–Crippen MR) is 107 cm³/mol. The normalized spacial score (nSPS) is 24.7. The third-order valence-corrected chi connectivity index (χ3v) is 6.47. The maximum atomic E-state index is 12.9. The van der Waals surface area contributed by atoms with E-state index in [9.17, 15) is 9.90 Å². The number of carbonyl (C=O) groups excluding carboxylic acids is 1. The van der Waals surface area contributed by atoms with Gasteiger partial charge in [-0.15, -0.1) is 11.3 Å². The van der Waals surface area contributed by atoms with Crippen LogP contribution < -0.4 is 9.80 Å². The molecule has 0 saturated carbocycles. The number of aryl methyl sites for hydroxylation is 1. The molecule has 6 nitrogen and oxygen atoms in total. The number of anilines is 2. The molecule has 0 amide bonds. The van der Waals surface area contributed by atoms with Crippen LogP contribution in [0.25, 0.3) is 0 Å². The number of thiophene rings is 1. The molecule has 2 saturated heterocycles. The number of fused-ring (bicyclic) bond motifs is 2. The number of nitrogens with zero attached hydrogens (tertiary/aromatic N) is 3. The molecule has 1 aromatic carbocycles. The number of morpholine rings is 1.